The zero-order valence-electron chi connectivity index (χ0n) is 17.6. The maximum atomic E-state index is 10.9. The summed E-state index contributed by atoms with van der Waals surface area (Å²) in [6.45, 7) is 0. The summed E-state index contributed by atoms with van der Waals surface area (Å²) in [5.74, 6) is 1.47. The molecule has 30 heavy (non-hydrogen) atoms. The number of methoxy groups -OCH3 is 4. The van der Waals surface area contributed by atoms with Gasteiger partial charge in [0.2, 0.25) is 5.75 Å². The summed E-state index contributed by atoms with van der Waals surface area (Å²) in [7, 11) is 0.741. The minimum absolute atomic E-state index is 0. The van der Waals surface area contributed by atoms with Crippen molar-refractivity contribution >= 4 is 42.6 Å². The molecular weight excluding hydrogens is 548 g/mol. The number of benzene rings is 2. The van der Waals surface area contributed by atoms with Gasteiger partial charge < -0.3 is 37.8 Å². The molecule has 0 aliphatic carbocycles. The molecule has 0 atom stereocenters. The van der Waals surface area contributed by atoms with Crippen molar-refractivity contribution in [3.05, 3.63) is 39.0 Å². The Bertz CT molecular complexity index is 908. The van der Waals surface area contributed by atoms with Crippen molar-refractivity contribution in [2.24, 2.45) is 0 Å². The Morgan fingerprint density at radius 3 is 1.77 bits per heavy atom. The fraction of sp³-hybridized carbons (Fsp3) is 0.222. The van der Waals surface area contributed by atoms with Crippen LogP contribution in [0.4, 0.5) is 0 Å². The summed E-state index contributed by atoms with van der Waals surface area (Å²) in [6, 6.07) is 6.55. The van der Waals surface area contributed by atoms with Gasteiger partial charge in [-0.25, -0.2) is 0 Å². The molecular formula is C18H18INa2O8P. The predicted molar refractivity (Wildman–Crippen MR) is 109 cm³/mol. The molecule has 8 nitrogen and oxygen atoms in total. The predicted octanol–water partition coefficient (Wildman–Crippen LogP) is -3.29. The third kappa shape index (κ3) is 8.20. The van der Waals surface area contributed by atoms with Crippen molar-refractivity contribution < 1.29 is 96.9 Å². The first-order chi connectivity index (χ1) is 13.2. The number of phosphoric ester groups is 1. The molecule has 0 N–H and O–H groups in total. The van der Waals surface area contributed by atoms with Crippen LogP contribution in [0.25, 0.3) is 12.2 Å². The number of phosphoric acid groups is 1. The van der Waals surface area contributed by atoms with Gasteiger partial charge in [0.05, 0.1) is 28.4 Å². The Labute approximate surface area is 233 Å². The monoisotopic (exact) mass is 566 g/mol. The third-order valence-corrected chi connectivity index (χ3v) is 4.99. The first-order valence-corrected chi connectivity index (χ1v) is 10.3. The van der Waals surface area contributed by atoms with E-state index in [1.54, 1.807) is 24.3 Å². The first-order valence-electron chi connectivity index (χ1n) is 7.79. The molecule has 152 valence electrons. The van der Waals surface area contributed by atoms with Gasteiger partial charge in [-0.2, -0.15) is 0 Å². The molecule has 0 spiro atoms. The average Bonchev–Trinajstić information content (AvgIpc) is 2.65. The first kappa shape index (κ1) is 30.1. The molecule has 0 radical (unpaired) electrons. The van der Waals surface area contributed by atoms with Gasteiger partial charge in [-0.15, -0.1) is 0 Å². The fourth-order valence-electron chi connectivity index (χ4n) is 2.41. The summed E-state index contributed by atoms with van der Waals surface area (Å²) < 4.78 is 37.1. The standard InChI is InChI=1S/C18H20IO8P.2Na/c1-23-14-9-12(13(19)10-15(14)27-28(20,21)22)6-5-11-7-16(24-2)18(26-4)17(8-11)25-3;;/h5-10H,1-4H3,(H2,20,21,22);;/q;2*+1/p-2/b6-5-;;. The van der Waals surface area contributed by atoms with E-state index in [1.807, 2.05) is 28.7 Å². The number of hydrogen-bond acceptors (Lipinski definition) is 8. The SMILES string of the molecule is COc1cc(/C=C\c2cc(OC)c(OC)c(OC)c2)c(I)cc1OP(=O)([O-])[O-].[Na+].[Na+]. The van der Waals surface area contributed by atoms with E-state index in [9.17, 15) is 14.4 Å². The third-order valence-electron chi connectivity index (χ3n) is 3.64. The van der Waals surface area contributed by atoms with E-state index in [2.05, 4.69) is 4.52 Å². The van der Waals surface area contributed by atoms with Gasteiger partial charge in [-0.05, 0) is 58.0 Å². The van der Waals surface area contributed by atoms with Crippen molar-refractivity contribution in [2.45, 2.75) is 0 Å². The van der Waals surface area contributed by atoms with Gasteiger partial charge in [0.25, 0.3) is 0 Å². The van der Waals surface area contributed by atoms with Crippen molar-refractivity contribution in [2.75, 3.05) is 28.4 Å². The molecule has 0 bridgehead atoms. The minimum Gasteiger partial charge on any atom is -0.780 e. The van der Waals surface area contributed by atoms with Crippen molar-refractivity contribution in [1.82, 2.24) is 0 Å². The molecule has 2 aromatic carbocycles. The number of rotatable bonds is 8. The van der Waals surface area contributed by atoms with E-state index in [-0.39, 0.29) is 70.6 Å². The molecule has 0 aliphatic rings. The van der Waals surface area contributed by atoms with Crippen LogP contribution in [0.15, 0.2) is 24.3 Å². The van der Waals surface area contributed by atoms with E-state index >= 15 is 0 Å². The van der Waals surface area contributed by atoms with Crippen LogP contribution < -0.4 is 92.4 Å². The Hall–Kier alpha value is 0.0600. The summed E-state index contributed by atoms with van der Waals surface area (Å²) >= 11 is 2.00. The molecule has 2 rings (SSSR count). The van der Waals surface area contributed by atoms with E-state index in [1.165, 1.54) is 34.5 Å². The second kappa shape index (κ2) is 13.6. The Morgan fingerprint density at radius 1 is 0.800 bits per heavy atom. The van der Waals surface area contributed by atoms with Gasteiger partial charge in [-0.3, -0.25) is 0 Å². The van der Waals surface area contributed by atoms with Crippen LogP contribution in [-0.2, 0) is 4.57 Å². The minimum atomic E-state index is -5.19. The van der Waals surface area contributed by atoms with Crippen LogP contribution in [0, 0.1) is 3.57 Å². The Kier molecular flexibility index (Phi) is 13.6. The molecule has 0 aromatic heterocycles. The molecule has 0 saturated carbocycles. The van der Waals surface area contributed by atoms with Crippen LogP contribution in [0.5, 0.6) is 28.7 Å². The van der Waals surface area contributed by atoms with Crippen molar-refractivity contribution in [3.8, 4) is 28.7 Å². The van der Waals surface area contributed by atoms with E-state index in [4.69, 9.17) is 18.9 Å². The normalized spacial score (nSPS) is 10.6. The molecule has 0 aliphatic heterocycles. The molecule has 2 aromatic rings. The van der Waals surface area contributed by atoms with Gasteiger partial charge >= 0.3 is 59.1 Å². The second-order valence-electron chi connectivity index (χ2n) is 5.36. The van der Waals surface area contributed by atoms with Crippen LogP contribution in [-0.4, -0.2) is 28.4 Å². The molecule has 0 saturated heterocycles. The van der Waals surface area contributed by atoms with Crippen molar-refractivity contribution in [3.63, 3.8) is 0 Å². The molecule has 0 unspecified atom stereocenters. The molecule has 0 heterocycles. The average molecular weight is 566 g/mol. The number of hydrogen-bond donors (Lipinski definition) is 0. The number of ether oxygens (including phenoxy) is 4. The van der Waals surface area contributed by atoms with Gasteiger partial charge in [0.15, 0.2) is 23.0 Å². The maximum absolute atomic E-state index is 10.9. The quantitative estimate of drug-likeness (QED) is 0.142. The molecule has 12 heteroatoms. The van der Waals surface area contributed by atoms with E-state index in [0.29, 0.717) is 20.8 Å². The summed E-state index contributed by atoms with van der Waals surface area (Å²) in [5.41, 5.74) is 1.51. The van der Waals surface area contributed by atoms with Gasteiger partial charge in [0, 0.05) is 3.57 Å². The molecule has 0 amide bonds. The summed E-state index contributed by atoms with van der Waals surface area (Å²) in [4.78, 5) is 21.8. The topological polar surface area (TPSA) is 109 Å². The zero-order chi connectivity index (χ0) is 20.9. The largest absolute Gasteiger partial charge is 1.00 e. The Balaban J connectivity index is 0.00000420. The van der Waals surface area contributed by atoms with Gasteiger partial charge in [0.1, 0.15) is 7.82 Å². The van der Waals surface area contributed by atoms with Crippen molar-refractivity contribution in [1.29, 1.82) is 0 Å². The van der Waals surface area contributed by atoms with Crippen LogP contribution in [0.1, 0.15) is 11.1 Å². The Morgan fingerprint density at radius 2 is 1.33 bits per heavy atom. The summed E-state index contributed by atoms with van der Waals surface area (Å²) in [6.07, 6.45) is 3.61. The van der Waals surface area contributed by atoms with Gasteiger partial charge in [-0.1, -0.05) is 12.2 Å². The maximum Gasteiger partial charge on any atom is 1.00 e. The van der Waals surface area contributed by atoms with Crippen LogP contribution >= 0.6 is 30.4 Å². The van der Waals surface area contributed by atoms with E-state index in [0.717, 1.165) is 11.1 Å². The summed E-state index contributed by atoms with van der Waals surface area (Å²) in [5, 5.41) is 0. The smallest absolute Gasteiger partial charge is 0.780 e. The second-order valence-corrected chi connectivity index (χ2v) is 7.59. The molecule has 0 fully saturated rings. The number of halogens is 1. The fourth-order valence-corrected chi connectivity index (χ4v) is 3.42. The van der Waals surface area contributed by atoms with Crippen LogP contribution in [0.3, 0.4) is 0 Å². The van der Waals surface area contributed by atoms with E-state index < -0.39 is 7.82 Å². The van der Waals surface area contributed by atoms with Crippen LogP contribution in [0.2, 0.25) is 0 Å². The zero-order valence-corrected chi connectivity index (χ0v) is 24.6.